The van der Waals surface area contributed by atoms with E-state index in [0.29, 0.717) is 28.4 Å². The molecule has 0 bridgehead atoms. The van der Waals surface area contributed by atoms with Gasteiger partial charge in [-0.3, -0.25) is 38.8 Å². The van der Waals surface area contributed by atoms with Crippen molar-refractivity contribution >= 4 is 35.7 Å². The van der Waals surface area contributed by atoms with E-state index in [1.54, 1.807) is 6.07 Å². The molecule has 4 aliphatic rings. The van der Waals surface area contributed by atoms with Crippen molar-refractivity contribution in [3.05, 3.63) is 17.2 Å². The van der Waals surface area contributed by atoms with Crippen molar-refractivity contribution in [1.29, 1.82) is 0 Å². The van der Waals surface area contributed by atoms with Gasteiger partial charge >= 0.3 is 12.1 Å². The van der Waals surface area contributed by atoms with Gasteiger partial charge in [0.15, 0.2) is 11.5 Å². The molecule has 0 aromatic heterocycles. The molecule has 1 spiro atoms. The van der Waals surface area contributed by atoms with E-state index in [9.17, 15) is 28.8 Å². The zero-order valence-electron chi connectivity index (χ0n) is 21.2. The minimum absolute atomic E-state index is 0.0621. The van der Waals surface area contributed by atoms with E-state index in [-0.39, 0.29) is 19.6 Å². The highest BCUT2D eigenvalue weighted by atomic mass is 16.7. The fraction of sp³-hybridized carbons (Fsp3) is 0.500. The lowest BCUT2D eigenvalue weighted by molar-refractivity contribution is -0.175. The van der Waals surface area contributed by atoms with Crippen LogP contribution in [0.5, 0.6) is 17.2 Å². The fourth-order valence-corrected chi connectivity index (χ4v) is 6.22. The van der Waals surface area contributed by atoms with Gasteiger partial charge in [-0.15, -0.1) is 0 Å². The van der Waals surface area contributed by atoms with E-state index >= 15 is 0 Å². The third-order valence-electron chi connectivity index (χ3n) is 8.21. The molecule has 8 amide bonds. The van der Waals surface area contributed by atoms with Crippen molar-refractivity contribution in [3.63, 3.8) is 0 Å². The van der Waals surface area contributed by atoms with Crippen LogP contribution in [0.1, 0.15) is 18.1 Å². The van der Waals surface area contributed by atoms with E-state index in [4.69, 9.17) is 14.2 Å². The Labute approximate surface area is 211 Å². The van der Waals surface area contributed by atoms with Crippen LogP contribution in [0.2, 0.25) is 0 Å². The zero-order chi connectivity index (χ0) is 27.2. The molecular formula is C24H26N4O9. The van der Waals surface area contributed by atoms with Gasteiger partial charge in [0.25, 0.3) is 0 Å². The highest BCUT2D eigenvalue weighted by Gasteiger charge is 2.70. The molecule has 2 saturated heterocycles. The summed E-state index contributed by atoms with van der Waals surface area (Å²) in [6.45, 7) is 1.28. The monoisotopic (exact) mass is 514 g/mol. The predicted molar refractivity (Wildman–Crippen MR) is 122 cm³/mol. The molecule has 13 nitrogen and oxygen atoms in total. The van der Waals surface area contributed by atoms with Gasteiger partial charge < -0.3 is 14.2 Å². The molecule has 1 aromatic carbocycles. The molecule has 2 fully saturated rings. The minimum atomic E-state index is -2.01. The highest BCUT2D eigenvalue weighted by molar-refractivity contribution is 6.23. The highest BCUT2D eigenvalue weighted by Crippen LogP contribution is 2.57. The van der Waals surface area contributed by atoms with Crippen LogP contribution in [0.15, 0.2) is 6.07 Å². The standard InChI is InChI=1S/C24H26N4O9/c1-23(17(29)25(2)21(33)26(3)18(23)30)14-8-12-11(7-13-16(15(12)35-6)37-10-36-13)9-24(14)19(31)27(4)22(34)28(5)20(24)32/h7,14H,8-10H2,1-6H3. The van der Waals surface area contributed by atoms with Crippen molar-refractivity contribution < 1.29 is 43.0 Å². The molecule has 0 radical (unpaired) electrons. The second-order valence-electron chi connectivity index (χ2n) is 9.91. The first-order chi connectivity index (χ1) is 17.3. The van der Waals surface area contributed by atoms with Crippen molar-refractivity contribution in [2.45, 2.75) is 19.8 Å². The van der Waals surface area contributed by atoms with Crippen molar-refractivity contribution in [2.75, 3.05) is 42.1 Å². The van der Waals surface area contributed by atoms with E-state index in [0.717, 1.165) is 19.6 Å². The molecule has 13 heteroatoms. The second-order valence-corrected chi connectivity index (χ2v) is 9.91. The average Bonchev–Trinajstić information content (AvgIpc) is 3.37. The summed E-state index contributed by atoms with van der Waals surface area (Å²) in [5.41, 5.74) is -2.96. The Kier molecular flexibility index (Phi) is 5.08. The maximum absolute atomic E-state index is 14.0. The first-order valence-corrected chi connectivity index (χ1v) is 11.5. The largest absolute Gasteiger partial charge is 0.492 e. The lowest BCUT2D eigenvalue weighted by Gasteiger charge is -2.54. The molecule has 1 aromatic rings. The number of carbonyl (C=O) groups is 6. The van der Waals surface area contributed by atoms with E-state index in [1.807, 2.05) is 0 Å². The molecule has 1 aliphatic carbocycles. The normalized spacial score (nSPS) is 24.3. The summed E-state index contributed by atoms with van der Waals surface area (Å²) >= 11 is 0. The molecule has 1 unspecified atom stereocenters. The summed E-state index contributed by atoms with van der Waals surface area (Å²) in [5.74, 6) is -3.66. The molecule has 3 aliphatic heterocycles. The SMILES string of the molecule is COc1c2c(cc3c1OCO3)CC1(C(=O)N(C)C(=O)N(C)C1=O)C(C1(C)C(=O)N(C)C(=O)N(C)C1=O)C2. The Balaban J connectivity index is 1.81. The van der Waals surface area contributed by atoms with Crippen LogP contribution < -0.4 is 14.2 Å². The number of ether oxygens (including phenoxy) is 3. The number of imide groups is 4. The molecule has 196 valence electrons. The van der Waals surface area contributed by atoms with Crippen LogP contribution in [0.4, 0.5) is 9.59 Å². The van der Waals surface area contributed by atoms with E-state index in [1.165, 1.54) is 42.2 Å². The van der Waals surface area contributed by atoms with Gasteiger partial charge in [0.2, 0.25) is 36.2 Å². The summed E-state index contributed by atoms with van der Waals surface area (Å²) in [6, 6.07) is -0.0160. The minimum Gasteiger partial charge on any atom is -0.492 e. The number of hydrogen-bond acceptors (Lipinski definition) is 9. The molecule has 0 saturated carbocycles. The van der Waals surface area contributed by atoms with Gasteiger partial charge in [0.05, 0.1) is 7.11 Å². The van der Waals surface area contributed by atoms with E-state index in [2.05, 4.69) is 0 Å². The number of rotatable bonds is 2. The number of barbiturate groups is 2. The summed E-state index contributed by atoms with van der Waals surface area (Å²) in [6.07, 6.45) is -0.372. The number of urea groups is 2. The van der Waals surface area contributed by atoms with Crippen LogP contribution in [0.25, 0.3) is 0 Å². The van der Waals surface area contributed by atoms with Crippen LogP contribution in [0.3, 0.4) is 0 Å². The maximum Gasteiger partial charge on any atom is 0.332 e. The van der Waals surface area contributed by atoms with Crippen molar-refractivity contribution in [1.82, 2.24) is 19.6 Å². The Morgan fingerprint density at radius 2 is 1.35 bits per heavy atom. The maximum atomic E-state index is 14.0. The number of carbonyl (C=O) groups excluding carboxylic acids is 6. The Morgan fingerprint density at radius 1 is 0.838 bits per heavy atom. The summed E-state index contributed by atoms with van der Waals surface area (Å²) < 4.78 is 16.7. The number of hydrogen-bond donors (Lipinski definition) is 0. The lowest BCUT2D eigenvalue weighted by atomic mass is 9.52. The van der Waals surface area contributed by atoms with E-state index < -0.39 is 52.4 Å². The van der Waals surface area contributed by atoms with Gasteiger partial charge in [-0.2, -0.15) is 0 Å². The second kappa shape index (κ2) is 7.67. The van der Waals surface area contributed by atoms with Crippen molar-refractivity contribution in [3.8, 4) is 17.2 Å². The molecular weight excluding hydrogens is 488 g/mol. The van der Waals surface area contributed by atoms with Gasteiger partial charge in [0, 0.05) is 39.7 Å². The summed E-state index contributed by atoms with van der Waals surface area (Å²) in [4.78, 5) is 83.8. The van der Waals surface area contributed by atoms with Crippen LogP contribution >= 0.6 is 0 Å². The fourth-order valence-electron chi connectivity index (χ4n) is 6.22. The zero-order valence-corrected chi connectivity index (χ0v) is 21.2. The molecule has 3 heterocycles. The smallest absolute Gasteiger partial charge is 0.332 e. The predicted octanol–water partition coefficient (Wildman–Crippen LogP) is 0.232. The first kappa shape index (κ1) is 24.5. The quantitative estimate of drug-likeness (QED) is 0.507. The molecule has 1 atom stereocenters. The molecule has 5 rings (SSSR count). The Morgan fingerprint density at radius 3 is 1.86 bits per heavy atom. The van der Waals surface area contributed by atoms with Gasteiger partial charge in [-0.1, -0.05) is 0 Å². The van der Waals surface area contributed by atoms with Crippen LogP contribution in [0, 0.1) is 16.7 Å². The lowest BCUT2D eigenvalue weighted by Crippen LogP contribution is -2.73. The number of amides is 8. The molecule has 0 N–H and O–H groups in total. The van der Waals surface area contributed by atoms with Crippen molar-refractivity contribution in [2.24, 2.45) is 16.7 Å². The third-order valence-corrected chi connectivity index (χ3v) is 8.21. The van der Waals surface area contributed by atoms with Crippen LogP contribution in [-0.4, -0.2) is 97.4 Å². The van der Waals surface area contributed by atoms with Gasteiger partial charge in [-0.05, 0) is 31.4 Å². The number of methoxy groups -OCH3 is 1. The number of benzene rings is 1. The van der Waals surface area contributed by atoms with Crippen LogP contribution in [-0.2, 0) is 32.0 Å². The average molecular weight is 514 g/mol. The van der Waals surface area contributed by atoms with Gasteiger partial charge in [0.1, 0.15) is 10.8 Å². The Hall–Kier alpha value is -4.16. The van der Waals surface area contributed by atoms with Gasteiger partial charge in [-0.25, -0.2) is 9.59 Å². The third kappa shape index (κ3) is 2.79. The molecule has 37 heavy (non-hydrogen) atoms. The number of nitrogens with zero attached hydrogens (tertiary/aromatic N) is 4. The summed E-state index contributed by atoms with van der Waals surface area (Å²) in [5, 5.41) is 0. The number of fused-ring (bicyclic) bond motifs is 2. The topological polar surface area (TPSA) is 143 Å². The summed E-state index contributed by atoms with van der Waals surface area (Å²) in [7, 11) is 6.39. The Bertz CT molecular complexity index is 1270. The first-order valence-electron chi connectivity index (χ1n) is 11.5.